The molecular weight excluding hydrogens is 166 g/mol. The second kappa shape index (κ2) is 4.77. The van der Waals surface area contributed by atoms with E-state index in [2.05, 4.69) is 16.9 Å². The van der Waals surface area contributed by atoms with Crippen molar-refractivity contribution in [1.29, 1.82) is 0 Å². The monoisotopic (exact) mass is 181 g/mol. The highest BCUT2D eigenvalue weighted by atomic mass is 16.1. The van der Waals surface area contributed by atoms with Gasteiger partial charge in [-0.3, -0.25) is 4.79 Å². The SMILES string of the molecule is CCCCc1nc(CN)cc(=O)[nH]1. The minimum absolute atomic E-state index is 0.110. The summed E-state index contributed by atoms with van der Waals surface area (Å²) in [6.07, 6.45) is 2.95. The van der Waals surface area contributed by atoms with Crippen LogP contribution in [0.5, 0.6) is 0 Å². The molecule has 0 atom stereocenters. The van der Waals surface area contributed by atoms with Crippen molar-refractivity contribution in [3.8, 4) is 0 Å². The van der Waals surface area contributed by atoms with E-state index in [4.69, 9.17) is 5.73 Å². The zero-order chi connectivity index (χ0) is 9.68. The van der Waals surface area contributed by atoms with Gasteiger partial charge in [-0.25, -0.2) is 4.98 Å². The molecule has 0 unspecified atom stereocenters. The van der Waals surface area contributed by atoms with Crippen LogP contribution in [0.2, 0.25) is 0 Å². The van der Waals surface area contributed by atoms with E-state index in [1.54, 1.807) is 0 Å². The molecule has 0 aliphatic rings. The number of nitrogens with zero attached hydrogens (tertiary/aromatic N) is 1. The fourth-order valence-electron chi connectivity index (χ4n) is 1.13. The van der Waals surface area contributed by atoms with E-state index in [-0.39, 0.29) is 5.56 Å². The van der Waals surface area contributed by atoms with Crippen molar-refractivity contribution in [2.24, 2.45) is 5.73 Å². The third kappa shape index (κ3) is 2.99. The van der Waals surface area contributed by atoms with Gasteiger partial charge in [0.05, 0.1) is 5.69 Å². The van der Waals surface area contributed by atoms with Crippen LogP contribution >= 0.6 is 0 Å². The Balaban J connectivity index is 2.82. The van der Waals surface area contributed by atoms with E-state index < -0.39 is 0 Å². The molecule has 3 N–H and O–H groups in total. The van der Waals surface area contributed by atoms with Gasteiger partial charge in [-0.15, -0.1) is 0 Å². The summed E-state index contributed by atoms with van der Waals surface area (Å²) < 4.78 is 0. The Labute approximate surface area is 77.2 Å². The van der Waals surface area contributed by atoms with Crippen LogP contribution in [0.3, 0.4) is 0 Å². The van der Waals surface area contributed by atoms with Crippen molar-refractivity contribution in [1.82, 2.24) is 9.97 Å². The average molecular weight is 181 g/mol. The van der Waals surface area contributed by atoms with Gasteiger partial charge in [0.1, 0.15) is 5.82 Å². The molecule has 0 fully saturated rings. The maximum absolute atomic E-state index is 11.1. The van der Waals surface area contributed by atoms with Crippen molar-refractivity contribution >= 4 is 0 Å². The van der Waals surface area contributed by atoms with Crippen LogP contribution in [-0.4, -0.2) is 9.97 Å². The molecule has 0 bridgehead atoms. The average Bonchev–Trinajstić information content (AvgIpc) is 2.14. The molecule has 0 radical (unpaired) electrons. The molecule has 0 saturated heterocycles. The lowest BCUT2D eigenvalue weighted by Crippen LogP contribution is -2.14. The van der Waals surface area contributed by atoms with Gasteiger partial charge in [0.2, 0.25) is 0 Å². The Kier molecular flexibility index (Phi) is 3.64. The second-order valence-electron chi connectivity index (χ2n) is 2.99. The Hall–Kier alpha value is -1.16. The van der Waals surface area contributed by atoms with Crippen molar-refractivity contribution in [3.63, 3.8) is 0 Å². The zero-order valence-corrected chi connectivity index (χ0v) is 7.84. The number of aromatic amines is 1. The smallest absolute Gasteiger partial charge is 0.251 e. The van der Waals surface area contributed by atoms with Crippen molar-refractivity contribution in [3.05, 3.63) is 27.9 Å². The Morgan fingerprint density at radius 3 is 3.00 bits per heavy atom. The number of nitrogens with one attached hydrogen (secondary N) is 1. The first-order valence-corrected chi connectivity index (χ1v) is 4.55. The van der Waals surface area contributed by atoms with Gasteiger partial charge < -0.3 is 10.7 Å². The van der Waals surface area contributed by atoms with Crippen LogP contribution in [0.15, 0.2) is 10.9 Å². The second-order valence-corrected chi connectivity index (χ2v) is 2.99. The molecule has 0 aliphatic carbocycles. The molecule has 72 valence electrons. The number of hydrogen-bond acceptors (Lipinski definition) is 3. The molecule has 0 saturated carbocycles. The molecule has 0 spiro atoms. The lowest BCUT2D eigenvalue weighted by atomic mass is 10.2. The Morgan fingerprint density at radius 1 is 1.62 bits per heavy atom. The van der Waals surface area contributed by atoms with Crippen molar-refractivity contribution in [2.45, 2.75) is 32.7 Å². The first kappa shape index (κ1) is 9.92. The van der Waals surface area contributed by atoms with Crippen molar-refractivity contribution < 1.29 is 0 Å². The van der Waals surface area contributed by atoms with Gasteiger partial charge in [0.15, 0.2) is 0 Å². The number of H-pyrrole nitrogens is 1. The molecule has 0 aliphatic heterocycles. The third-order valence-electron chi connectivity index (χ3n) is 1.82. The number of aromatic nitrogens is 2. The van der Waals surface area contributed by atoms with E-state index in [0.717, 1.165) is 25.1 Å². The maximum Gasteiger partial charge on any atom is 0.251 e. The van der Waals surface area contributed by atoms with Crippen LogP contribution in [-0.2, 0) is 13.0 Å². The van der Waals surface area contributed by atoms with E-state index >= 15 is 0 Å². The first-order valence-electron chi connectivity index (χ1n) is 4.55. The maximum atomic E-state index is 11.1. The van der Waals surface area contributed by atoms with E-state index in [9.17, 15) is 4.79 Å². The summed E-state index contributed by atoms with van der Waals surface area (Å²) in [4.78, 5) is 18.0. The summed E-state index contributed by atoms with van der Waals surface area (Å²) in [7, 11) is 0. The Bertz CT molecular complexity index is 319. The lowest BCUT2D eigenvalue weighted by molar-refractivity contribution is 0.737. The Morgan fingerprint density at radius 2 is 2.38 bits per heavy atom. The minimum Gasteiger partial charge on any atom is -0.325 e. The van der Waals surface area contributed by atoms with Crippen LogP contribution < -0.4 is 11.3 Å². The molecule has 4 heteroatoms. The van der Waals surface area contributed by atoms with Gasteiger partial charge in [0.25, 0.3) is 5.56 Å². The third-order valence-corrected chi connectivity index (χ3v) is 1.82. The summed E-state index contributed by atoms with van der Waals surface area (Å²) in [5.74, 6) is 0.745. The number of aryl methyl sites for hydroxylation is 1. The van der Waals surface area contributed by atoms with E-state index in [1.165, 1.54) is 6.07 Å². The normalized spacial score (nSPS) is 10.3. The van der Waals surface area contributed by atoms with Crippen LogP contribution in [0.1, 0.15) is 31.3 Å². The molecule has 4 nitrogen and oxygen atoms in total. The largest absolute Gasteiger partial charge is 0.325 e. The van der Waals surface area contributed by atoms with Crippen molar-refractivity contribution in [2.75, 3.05) is 0 Å². The van der Waals surface area contributed by atoms with Gasteiger partial charge >= 0.3 is 0 Å². The molecule has 0 aromatic carbocycles. The quantitative estimate of drug-likeness (QED) is 0.713. The predicted molar refractivity (Wildman–Crippen MR) is 51.4 cm³/mol. The number of rotatable bonds is 4. The molecule has 1 aromatic rings. The highest BCUT2D eigenvalue weighted by molar-refractivity contribution is 5.02. The summed E-state index contributed by atoms with van der Waals surface area (Å²) in [5.41, 5.74) is 5.95. The number of unbranched alkanes of at least 4 members (excludes halogenated alkanes) is 1. The standard InChI is InChI=1S/C9H15N3O/c1-2-3-4-8-11-7(6-10)5-9(13)12-8/h5H,2-4,6,10H2,1H3,(H,11,12,13). The molecular formula is C9H15N3O. The number of nitrogens with two attached hydrogens (primary N) is 1. The lowest BCUT2D eigenvalue weighted by Gasteiger charge is -2.00. The summed E-state index contributed by atoms with van der Waals surface area (Å²) in [6.45, 7) is 2.42. The highest BCUT2D eigenvalue weighted by Crippen LogP contribution is 1.97. The van der Waals surface area contributed by atoms with Crippen LogP contribution in [0.25, 0.3) is 0 Å². The van der Waals surface area contributed by atoms with Gasteiger partial charge in [-0.1, -0.05) is 13.3 Å². The van der Waals surface area contributed by atoms with Gasteiger partial charge in [0, 0.05) is 19.0 Å². The summed E-state index contributed by atoms with van der Waals surface area (Å²) in [5, 5.41) is 0. The topological polar surface area (TPSA) is 71.8 Å². The number of hydrogen-bond donors (Lipinski definition) is 2. The highest BCUT2D eigenvalue weighted by Gasteiger charge is 1.98. The molecule has 1 rings (SSSR count). The summed E-state index contributed by atoms with van der Waals surface area (Å²) in [6, 6.07) is 1.44. The van der Waals surface area contributed by atoms with Gasteiger partial charge in [-0.2, -0.15) is 0 Å². The van der Waals surface area contributed by atoms with E-state index in [0.29, 0.717) is 12.2 Å². The minimum atomic E-state index is -0.110. The summed E-state index contributed by atoms with van der Waals surface area (Å²) >= 11 is 0. The van der Waals surface area contributed by atoms with Crippen LogP contribution in [0, 0.1) is 0 Å². The van der Waals surface area contributed by atoms with E-state index in [1.807, 2.05) is 0 Å². The predicted octanol–water partition coefficient (Wildman–Crippen LogP) is 0.571. The fraction of sp³-hybridized carbons (Fsp3) is 0.556. The molecule has 1 heterocycles. The fourth-order valence-corrected chi connectivity index (χ4v) is 1.13. The molecule has 13 heavy (non-hydrogen) atoms. The molecule has 0 amide bonds. The van der Waals surface area contributed by atoms with Gasteiger partial charge in [-0.05, 0) is 6.42 Å². The van der Waals surface area contributed by atoms with Crippen LogP contribution in [0.4, 0.5) is 0 Å². The first-order chi connectivity index (χ1) is 6.26. The zero-order valence-electron chi connectivity index (χ0n) is 7.84. The molecule has 1 aromatic heterocycles.